The number of hydrazone groups is 1. The third-order valence-electron chi connectivity index (χ3n) is 5.51. The molecular formula is C30H34N2O6. The minimum Gasteiger partial charge on any atom is -0.494 e. The lowest BCUT2D eigenvalue weighted by atomic mass is 10.0. The van der Waals surface area contributed by atoms with E-state index in [0.29, 0.717) is 35.0 Å². The van der Waals surface area contributed by atoms with Crippen molar-refractivity contribution in [3.8, 4) is 23.0 Å². The van der Waals surface area contributed by atoms with E-state index < -0.39 is 5.97 Å². The largest absolute Gasteiger partial charge is 0.494 e. The first-order valence-electron chi connectivity index (χ1n) is 12.5. The highest BCUT2D eigenvalue weighted by Gasteiger charge is 2.14. The highest BCUT2D eigenvalue weighted by Crippen LogP contribution is 2.29. The first kappa shape index (κ1) is 28.2. The topological polar surface area (TPSA) is 95.5 Å². The molecule has 8 heteroatoms. The van der Waals surface area contributed by atoms with Crippen LogP contribution in [0.4, 0.5) is 0 Å². The summed E-state index contributed by atoms with van der Waals surface area (Å²) >= 11 is 0. The molecule has 3 aromatic rings. The molecule has 3 aromatic carbocycles. The third-order valence-corrected chi connectivity index (χ3v) is 5.51. The summed E-state index contributed by atoms with van der Waals surface area (Å²) in [5, 5.41) is 3.99. The minimum absolute atomic E-state index is 0.162. The molecule has 0 aromatic heterocycles. The SMILES string of the molecule is CCCOc1ccc(C(=O)Oc2ccc(/C=N/NC(=O)COc3cc(C)ccc3C(C)C)cc2OC)cc1. The van der Waals surface area contributed by atoms with Crippen molar-refractivity contribution in [2.75, 3.05) is 20.3 Å². The van der Waals surface area contributed by atoms with Crippen LogP contribution in [0.2, 0.25) is 0 Å². The number of carbonyl (C=O) groups excluding carboxylic acids is 2. The summed E-state index contributed by atoms with van der Waals surface area (Å²) in [6, 6.07) is 17.7. The Bertz CT molecular complexity index is 1270. The van der Waals surface area contributed by atoms with Crippen molar-refractivity contribution < 1.29 is 28.5 Å². The van der Waals surface area contributed by atoms with Gasteiger partial charge in [0.25, 0.3) is 5.91 Å². The van der Waals surface area contributed by atoms with Gasteiger partial charge in [-0.3, -0.25) is 4.79 Å². The fraction of sp³-hybridized carbons (Fsp3) is 0.300. The lowest BCUT2D eigenvalue weighted by Gasteiger charge is -2.14. The molecule has 0 aliphatic carbocycles. The number of aryl methyl sites for hydroxylation is 1. The minimum atomic E-state index is -0.520. The Kier molecular flexibility index (Phi) is 10.3. The molecule has 0 unspecified atom stereocenters. The zero-order valence-corrected chi connectivity index (χ0v) is 22.4. The summed E-state index contributed by atoms with van der Waals surface area (Å²) in [5.41, 5.74) is 5.58. The summed E-state index contributed by atoms with van der Waals surface area (Å²) in [4.78, 5) is 24.8. The fourth-order valence-corrected chi connectivity index (χ4v) is 3.51. The van der Waals surface area contributed by atoms with E-state index in [-0.39, 0.29) is 24.2 Å². The van der Waals surface area contributed by atoms with Crippen LogP contribution >= 0.6 is 0 Å². The number of benzene rings is 3. The second-order valence-electron chi connectivity index (χ2n) is 8.95. The molecule has 8 nitrogen and oxygen atoms in total. The molecule has 0 spiro atoms. The number of ether oxygens (including phenoxy) is 4. The number of hydrogen-bond donors (Lipinski definition) is 1. The molecule has 0 aliphatic heterocycles. The van der Waals surface area contributed by atoms with Gasteiger partial charge < -0.3 is 18.9 Å². The van der Waals surface area contributed by atoms with Crippen LogP contribution in [0.5, 0.6) is 23.0 Å². The molecule has 0 fully saturated rings. The molecule has 0 saturated carbocycles. The number of nitrogens with one attached hydrogen (secondary N) is 1. The quantitative estimate of drug-likeness (QED) is 0.144. The first-order valence-corrected chi connectivity index (χ1v) is 12.5. The highest BCUT2D eigenvalue weighted by molar-refractivity contribution is 5.92. The molecule has 0 radical (unpaired) electrons. The second kappa shape index (κ2) is 13.8. The molecule has 38 heavy (non-hydrogen) atoms. The van der Waals surface area contributed by atoms with Gasteiger partial charge in [-0.1, -0.05) is 32.9 Å². The van der Waals surface area contributed by atoms with Crippen LogP contribution in [-0.2, 0) is 4.79 Å². The summed E-state index contributed by atoms with van der Waals surface area (Å²) in [6.07, 6.45) is 2.37. The predicted molar refractivity (Wildman–Crippen MR) is 147 cm³/mol. The van der Waals surface area contributed by atoms with E-state index in [4.69, 9.17) is 18.9 Å². The molecule has 1 N–H and O–H groups in total. The Balaban J connectivity index is 1.56. The van der Waals surface area contributed by atoms with Crippen LogP contribution in [0.3, 0.4) is 0 Å². The lowest BCUT2D eigenvalue weighted by Crippen LogP contribution is -2.25. The van der Waals surface area contributed by atoms with E-state index in [9.17, 15) is 9.59 Å². The van der Waals surface area contributed by atoms with E-state index >= 15 is 0 Å². The van der Waals surface area contributed by atoms with Gasteiger partial charge in [0.2, 0.25) is 0 Å². The molecule has 0 atom stereocenters. The van der Waals surface area contributed by atoms with Crippen molar-refractivity contribution in [3.05, 3.63) is 82.9 Å². The van der Waals surface area contributed by atoms with Crippen molar-refractivity contribution >= 4 is 18.1 Å². The zero-order chi connectivity index (χ0) is 27.5. The van der Waals surface area contributed by atoms with Gasteiger partial charge in [0.05, 0.1) is 25.5 Å². The molecular weight excluding hydrogens is 484 g/mol. The second-order valence-corrected chi connectivity index (χ2v) is 8.95. The first-order chi connectivity index (χ1) is 18.3. The van der Waals surface area contributed by atoms with Gasteiger partial charge in [-0.05, 0) is 84.5 Å². The summed E-state index contributed by atoms with van der Waals surface area (Å²) in [7, 11) is 1.48. The van der Waals surface area contributed by atoms with Crippen LogP contribution in [0.15, 0.2) is 65.8 Å². The Morgan fingerprint density at radius 3 is 2.39 bits per heavy atom. The predicted octanol–water partition coefficient (Wildman–Crippen LogP) is 5.66. The molecule has 0 saturated heterocycles. The Hall–Kier alpha value is -4.33. The van der Waals surface area contributed by atoms with E-state index in [2.05, 4.69) is 24.4 Å². The van der Waals surface area contributed by atoms with Crippen molar-refractivity contribution in [3.63, 3.8) is 0 Å². The normalized spacial score (nSPS) is 10.9. The highest BCUT2D eigenvalue weighted by atomic mass is 16.6. The zero-order valence-electron chi connectivity index (χ0n) is 22.4. The fourth-order valence-electron chi connectivity index (χ4n) is 3.51. The summed E-state index contributed by atoms with van der Waals surface area (Å²) < 4.78 is 22.2. The van der Waals surface area contributed by atoms with Crippen LogP contribution in [0, 0.1) is 6.92 Å². The van der Waals surface area contributed by atoms with E-state index in [1.807, 2.05) is 32.0 Å². The molecule has 0 heterocycles. The maximum atomic E-state index is 12.6. The van der Waals surface area contributed by atoms with Gasteiger partial charge in [-0.15, -0.1) is 0 Å². The average molecular weight is 519 g/mol. The van der Waals surface area contributed by atoms with Gasteiger partial charge in [-0.25, -0.2) is 10.2 Å². The number of nitrogens with zero attached hydrogens (tertiary/aromatic N) is 1. The van der Waals surface area contributed by atoms with Crippen molar-refractivity contribution in [2.45, 2.75) is 40.0 Å². The Labute approximate surface area is 223 Å². The molecule has 3 rings (SSSR count). The number of esters is 1. The van der Waals surface area contributed by atoms with Crippen LogP contribution in [0.1, 0.15) is 60.2 Å². The molecule has 0 bridgehead atoms. The van der Waals surface area contributed by atoms with Crippen molar-refractivity contribution in [2.24, 2.45) is 5.10 Å². The summed E-state index contributed by atoms with van der Waals surface area (Å²) in [5.74, 6) is 1.36. The van der Waals surface area contributed by atoms with Crippen molar-refractivity contribution in [1.82, 2.24) is 5.43 Å². The maximum absolute atomic E-state index is 12.6. The molecule has 200 valence electrons. The number of hydrogen-bond acceptors (Lipinski definition) is 7. The van der Waals surface area contributed by atoms with Gasteiger partial charge in [0, 0.05) is 0 Å². The van der Waals surface area contributed by atoms with Gasteiger partial charge in [0.15, 0.2) is 18.1 Å². The Morgan fingerprint density at radius 1 is 0.947 bits per heavy atom. The summed E-state index contributed by atoms with van der Waals surface area (Å²) in [6.45, 7) is 8.60. The number of amides is 1. The van der Waals surface area contributed by atoms with Gasteiger partial charge in [-0.2, -0.15) is 5.10 Å². The number of carbonyl (C=O) groups is 2. The number of methoxy groups -OCH3 is 1. The van der Waals surface area contributed by atoms with E-state index in [1.54, 1.807) is 42.5 Å². The van der Waals surface area contributed by atoms with Crippen molar-refractivity contribution in [1.29, 1.82) is 0 Å². The van der Waals surface area contributed by atoms with Crippen LogP contribution < -0.4 is 24.4 Å². The molecule has 1 amide bonds. The Morgan fingerprint density at radius 2 is 1.71 bits per heavy atom. The van der Waals surface area contributed by atoms with Crippen LogP contribution in [0.25, 0.3) is 0 Å². The van der Waals surface area contributed by atoms with Gasteiger partial charge >= 0.3 is 5.97 Å². The van der Waals surface area contributed by atoms with Gasteiger partial charge in [0.1, 0.15) is 11.5 Å². The van der Waals surface area contributed by atoms with E-state index in [0.717, 1.165) is 17.5 Å². The number of rotatable bonds is 12. The molecule has 0 aliphatic rings. The van der Waals surface area contributed by atoms with Crippen LogP contribution in [-0.4, -0.2) is 38.4 Å². The lowest BCUT2D eigenvalue weighted by molar-refractivity contribution is -0.123. The maximum Gasteiger partial charge on any atom is 0.343 e. The van der Waals surface area contributed by atoms with E-state index in [1.165, 1.54) is 13.3 Å². The third kappa shape index (κ3) is 8.09. The standard InChI is InChI=1S/C30H34N2O6/c1-6-15-36-24-11-9-23(10-12-24)30(34)38-26-14-8-22(17-28(26)35-5)18-31-32-29(33)19-37-27-16-21(4)7-13-25(27)20(2)3/h7-14,16-18,20H,6,15,19H2,1-5H3,(H,32,33)/b31-18+. The smallest absolute Gasteiger partial charge is 0.343 e. The monoisotopic (exact) mass is 518 g/mol. The average Bonchev–Trinajstić information content (AvgIpc) is 2.91.